The molecule has 3 N–H and O–H groups in total. The lowest BCUT2D eigenvalue weighted by molar-refractivity contribution is -0.134. The predicted molar refractivity (Wildman–Crippen MR) is 153 cm³/mol. The predicted octanol–water partition coefficient (Wildman–Crippen LogP) is 1.92. The second-order valence-corrected chi connectivity index (χ2v) is 13.4. The fourth-order valence-electron chi connectivity index (χ4n) is 4.71. The van der Waals surface area contributed by atoms with Crippen molar-refractivity contribution in [2.24, 2.45) is 0 Å². The summed E-state index contributed by atoms with van der Waals surface area (Å²) in [7, 11) is -4.62. The van der Waals surface area contributed by atoms with E-state index in [1.165, 1.54) is 21.9 Å². The van der Waals surface area contributed by atoms with Gasteiger partial charge in [0.2, 0.25) is 21.8 Å². The highest BCUT2D eigenvalue weighted by Gasteiger charge is 2.34. The van der Waals surface area contributed by atoms with Gasteiger partial charge in [-0.05, 0) is 37.1 Å². The maximum atomic E-state index is 14.7. The molecule has 0 radical (unpaired) electrons. The molecule has 2 saturated heterocycles. The van der Waals surface area contributed by atoms with Crippen molar-refractivity contribution in [3.05, 3.63) is 44.3 Å². The summed E-state index contributed by atoms with van der Waals surface area (Å²) in [5, 5.41) is 11.4. The summed E-state index contributed by atoms with van der Waals surface area (Å²) in [5.74, 6) is -2.37. The molecule has 4 rings (SSSR count). The number of aliphatic hydroxyl groups is 1. The molecule has 2 fully saturated rings. The van der Waals surface area contributed by atoms with Gasteiger partial charge in [-0.25, -0.2) is 12.8 Å². The molecule has 41 heavy (non-hydrogen) atoms. The maximum absolute atomic E-state index is 14.7. The smallest absolute Gasteiger partial charge is 0.261 e. The number of β-amino-alcohol motifs (C(OH)–C–C–N with tert-alkyl or cyclic N) is 1. The van der Waals surface area contributed by atoms with Gasteiger partial charge < -0.3 is 20.2 Å². The van der Waals surface area contributed by atoms with E-state index in [9.17, 15) is 32.3 Å². The number of carbonyl (C=O) groups is 3. The fraction of sp³-hybridized carbons (Fsp3) is 0.480. The molecule has 3 amide bonds. The van der Waals surface area contributed by atoms with E-state index >= 15 is 0 Å². The first-order chi connectivity index (χ1) is 19.5. The van der Waals surface area contributed by atoms with Crippen LogP contribution in [-0.4, -0.2) is 99.5 Å². The summed E-state index contributed by atoms with van der Waals surface area (Å²) < 4.78 is 44.5. The van der Waals surface area contributed by atoms with E-state index in [2.05, 4.69) is 10.0 Å². The van der Waals surface area contributed by atoms with Crippen LogP contribution in [-0.2, 0) is 19.6 Å². The van der Waals surface area contributed by atoms with Gasteiger partial charge in [0.15, 0.2) is 0 Å². The number of nitrogens with one attached hydrogen (secondary N) is 2. The molecule has 0 saturated carbocycles. The second kappa shape index (κ2) is 13.8. The second-order valence-electron chi connectivity index (χ2n) is 9.62. The number of aliphatic hydroxyl groups excluding tert-OH is 1. The summed E-state index contributed by atoms with van der Waals surface area (Å²) in [4.78, 5) is 43.0. The van der Waals surface area contributed by atoms with E-state index in [0.29, 0.717) is 36.8 Å². The van der Waals surface area contributed by atoms with Gasteiger partial charge in [-0.15, -0.1) is 11.3 Å². The average Bonchev–Trinajstić information content (AvgIpc) is 3.39. The number of nitrogens with zero attached hydrogens (tertiary/aromatic N) is 3. The van der Waals surface area contributed by atoms with Crippen LogP contribution in [0.2, 0.25) is 9.36 Å². The Labute approximate surface area is 251 Å². The van der Waals surface area contributed by atoms with Gasteiger partial charge in [-0.1, -0.05) is 23.2 Å². The van der Waals surface area contributed by atoms with Gasteiger partial charge in [0.05, 0.1) is 26.5 Å². The lowest BCUT2D eigenvalue weighted by Crippen LogP contribution is -2.57. The number of thiophene rings is 1. The van der Waals surface area contributed by atoms with E-state index < -0.39 is 45.1 Å². The van der Waals surface area contributed by atoms with Crippen LogP contribution < -0.4 is 14.9 Å². The largest absolute Gasteiger partial charge is 0.395 e. The fourth-order valence-corrected chi connectivity index (χ4v) is 7.47. The van der Waals surface area contributed by atoms with E-state index in [0.717, 1.165) is 23.5 Å². The molecule has 16 heteroatoms. The lowest BCUT2D eigenvalue weighted by Gasteiger charge is -2.36. The van der Waals surface area contributed by atoms with Crippen molar-refractivity contribution in [3.8, 4) is 0 Å². The first kappa shape index (κ1) is 31.6. The Balaban J connectivity index is 1.59. The number of hydrogen-bond acceptors (Lipinski definition) is 8. The van der Waals surface area contributed by atoms with Crippen LogP contribution in [0, 0.1) is 5.82 Å². The van der Waals surface area contributed by atoms with Crippen molar-refractivity contribution in [2.45, 2.75) is 30.2 Å². The summed E-state index contributed by atoms with van der Waals surface area (Å²) in [6.45, 7) is 1.74. The van der Waals surface area contributed by atoms with Crippen LogP contribution >= 0.6 is 34.5 Å². The number of piperidine rings is 1. The Morgan fingerprint density at radius 3 is 2.46 bits per heavy atom. The minimum atomic E-state index is -4.62. The number of piperazine rings is 1. The van der Waals surface area contributed by atoms with Gasteiger partial charge in [-0.3, -0.25) is 19.3 Å². The minimum absolute atomic E-state index is 0.0332. The van der Waals surface area contributed by atoms with E-state index in [4.69, 9.17) is 23.2 Å². The molecular weight excluding hydrogens is 620 g/mol. The summed E-state index contributed by atoms with van der Waals surface area (Å²) in [6, 6.07) is 3.31. The van der Waals surface area contributed by atoms with E-state index in [1.807, 2.05) is 4.90 Å². The molecular formula is C25H30Cl2FN5O6S2. The maximum Gasteiger partial charge on any atom is 0.261 e. The van der Waals surface area contributed by atoms with Gasteiger partial charge in [0, 0.05) is 52.2 Å². The molecule has 1 aromatic heterocycles. The standard InChI is InChI=1S/C25H30Cl2FN5O6S2/c26-21-5-4-19(40-21)24(36)29-15-17(25(37)32-9-7-31(8-10-32)11-12-34)30-41(38,39)20-14-16(28)13-18(23(20)27)33-6-2-1-3-22(33)35/h4-5,13-14,17,30,34H,1-3,6-12,15H2,(H,29,36)/t17-/m0/s1. The number of rotatable bonds is 10. The zero-order valence-corrected chi connectivity index (χ0v) is 25.1. The van der Waals surface area contributed by atoms with Gasteiger partial charge >= 0.3 is 0 Å². The van der Waals surface area contributed by atoms with Crippen molar-refractivity contribution in [1.29, 1.82) is 0 Å². The van der Waals surface area contributed by atoms with Gasteiger partial charge in [0.1, 0.15) is 16.8 Å². The normalized spacial score (nSPS) is 17.5. The number of benzene rings is 1. The molecule has 2 aliphatic rings. The molecule has 0 spiro atoms. The lowest BCUT2D eigenvalue weighted by atomic mass is 10.1. The van der Waals surface area contributed by atoms with Crippen molar-refractivity contribution in [2.75, 3.05) is 57.3 Å². The number of carbonyl (C=O) groups excluding carboxylic acids is 3. The molecule has 3 heterocycles. The van der Waals surface area contributed by atoms with Crippen LogP contribution in [0.15, 0.2) is 29.2 Å². The number of sulfonamides is 1. The molecule has 1 aromatic carbocycles. The SMILES string of the molecule is O=C(NC[C@H](NS(=O)(=O)c1cc(F)cc(N2CCCCC2=O)c1Cl)C(=O)N1CCN(CCO)CC1)c1ccc(Cl)s1. The Hall–Kier alpha value is -2.33. The third-order valence-corrected chi connectivity index (χ3v) is 10.1. The van der Waals surface area contributed by atoms with Gasteiger partial charge in [0.25, 0.3) is 5.91 Å². The summed E-state index contributed by atoms with van der Waals surface area (Å²) in [6.07, 6.45) is 1.54. The quantitative estimate of drug-likeness (QED) is 0.357. The zero-order valence-electron chi connectivity index (χ0n) is 21.9. The van der Waals surface area contributed by atoms with Crippen molar-refractivity contribution >= 4 is 68.0 Å². The molecule has 11 nitrogen and oxygen atoms in total. The average molecular weight is 651 g/mol. The van der Waals surface area contributed by atoms with Crippen LogP contribution in [0.1, 0.15) is 28.9 Å². The summed E-state index contributed by atoms with van der Waals surface area (Å²) in [5.41, 5.74) is -0.0671. The Kier molecular flexibility index (Phi) is 10.6. The van der Waals surface area contributed by atoms with Crippen LogP contribution in [0.25, 0.3) is 0 Å². The van der Waals surface area contributed by atoms with Crippen molar-refractivity contribution in [1.82, 2.24) is 19.8 Å². The third-order valence-electron chi connectivity index (χ3n) is 6.85. The number of anilines is 1. The van der Waals surface area contributed by atoms with E-state index in [1.54, 1.807) is 0 Å². The molecule has 0 bridgehead atoms. The van der Waals surface area contributed by atoms with Crippen molar-refractivity contribution < 1.29 is 32.3 Å². The van der Waals surface area contributed by atoms with Crippen LogP contribution in [0.4, 0.5) is 10.1 Å². The molecule has 224 valence electrons. The Morgan fingerprint density at radius 2 is 1.83 bits per heavy atom. The number of hydrogen-bond donors (Lipinski definition) is 3. The topological polar surface area (TPSA) is 139 Å². The zero-order chi connectivity index (χ0) is 29.7. The molecule has 0 unspecified atom stereocenters. The summed E-state index contributed by atoms with van der Waals surface area (Å²) >= 11 is 13.4. The molecule has 1 atom stereocenters. The highest BCUT2D eigenvalue weighted by atomic mass is 35.5. The van der Waals surface area contributed by atoms with Crippen molar-refractivity contribution in [3.63, 3.8) is 0 Å². The third kappa shape index (κ3) is 7.74. The van der Waals surface area contributed by atoms with Crippen LogP contribution in [0.3, 0.4) is 0 Å². The minimum Gasteiger partial charge on any atom is -0.395 e. The number of halogens is 3. The van der Waals surface area contributed by atoms with Gasteiger partial charge in [-0.2, -0.15) is 4.72 Å². The molecule has 2 aliphatic heterocycles. The highest BCUT2D eigenvalue weighted by molar-refractivity contribution is 7.89. The Morgan fingerprint density at radius 1 is 1.10 bits per heavy atom. The molecule has 0 aliphatic carbocycles. The first-order valence-electron chi connectivity index (χ1n) is 13.0. The first-order valence-corrected chi connectivity index (χ1v) is 16.0. The monoisotopic (exact) mass is 649 g/mol. The Bertz CT molecular complexity index is 1400. The molecule has 2 aromatic rings. The van der Waals surface area contributed by atoms with Crippen LogP contribution in [0.5, 0.6) is 0 Å². The van der Waals surface area contributed by atoms with E-state index in [-0.39, 0.29) is 54.2 Å². The number of amides is 3. The highest BCUT2D eigenvalue weighted by Crippen LogP contribution is 2.35.